The van der Waals surface area contributed by atoms with E-state index in [1.54, 1.807) is 10.9 Å². The minimum atomic E-state index is -0.245. The van der Waals surface area contributed by atoms with Gasteiger partial charge in [-0.15, -0.1) is 5.10 Å². The molecule has 0 bridgehead atoms. The average Bonchev–Trinajstić information content (AvgIpc) is 2.82. The number of nitrogens with two attached hydrogens (primary N) is 1. The van der Waals surface area contributed by atoms with Gasteiger partial charge in [0, 0.05) is 19.7 Å². The summed E-state index contributed by atoms with van der Waals surface area (Å²) in [5.41, 5.74) is 5.68. The molecule has 0 radical (unpaired) electrons. The van der Waals surface area contributed by atoms with Gasteiger partial charge in [-0.1, -0.05) is 12.1 Å². The lowest BCUT2D eigenvalue weighted by Gasteiger charge is -2.12. The van der Waals surface area contributed by atoms with E-state index >= 15 is 0 Å². The van der Waals surface area contributed by atoms with Gasteiger partial charge in [-0.3, -0.25) is 9.48 Å². The molecule has 1 amide bonds. The Morgan fingerprint density at radius 1 is 1.67 bits per heavy atom. The van der Waals surface area contributed by atoms with Gasteiger partial charge in [0.2, 0.25) is 0 Å². The number of hydrogen-bond donors (Lipinski definition) is 2. The number of amides is 1. The van der Waals surface area contributed by atoms with Gasteiger partial charge in [-0.25, -0.2) is 0 Å². The predicted molar refractivity (Wildman–Crippen MR) is 67.1 cm³/mol. The summed E-state index contributed by atoms with van der Waals surface area (Å²) in [6.45, 7) is 6.14. The third kappa shape index (κ3) is 4.80. The molecule has 0 aromatic carbocycles. The molecule has 0 aliphatic heterocycles. The highest BCUT2D eigenvalue weighted by Crippen LogP contribution is 1.95. The van der Waals surface area contributed by atoms with Crippen molar-refractivity contribution in [1.29, 1.82) is 0 Å². The van der Waals surface area contributed by atoms with Crippen LogP contribution in [-0.4, -0.2) is 46.7 Å². The lowest BCUT2D eigenvalue weighted by Crippen LogP contribution is -2.32. The summed E-state index contributed by atoms with van der Waals surface area (Å²) in [6.07, 6.45) is 2.54. The maximum absolute atomic E-state index is 11.7. The first kappa shape index (κ1) is 14.6. The normalized spacial score (nSPS) is 12.4. The second-order valence-electron chi connectivity index (χ2n) is 4.05. The number of carbonyl (C=O) groups is 1. The van der Waals surface area contributed by atoms with Crippen LogP contribution in [0.1, 0.15) is 30.8 Å². The Balaban J connectivity index is 2.35. The van der Waals surface area contributed by atoms with Crippen molar-refractivity contribution in [2.24, 2.45) is 5.73 Å². The molecule has 7 nitrogen and oxygen atoms in total. The van der Waals surface area contributed by atoms with Gasteiger partial charge in [0.25, 0.3) is 5.91 Å². The molecule has 1 aromatic heterocycles. The summed E-state index contributed by atoms with van der Waals surface area (Å²) in [7, 11) is 0. The molecule has 18 heavy (non-hydrogen) atoms. The topological polar surface area (TPSA) is 95.1 Å². The van der Waals surface area contributed by atoms with E-state index in [1.165, 1.54) is 0 Å². The molecule has 0 spiro atoms. The van der Waals surface area contributed by atoms with Gasteiger partial charge in [0.1, 0.15) is 0 Å². The van der Waals surface area contributed by atoms with Crippen LogP contribution in [0.25, 0.3) is 0 Å². The second-order valence-corrected chi connectivity index (χ2v) is 4.05. The molecule has 0 aliphatic carbocycles. The van der Waals surface area contributed by atoms with Crippen LogP contribution in [0.4, 0.5) is 0 Å². The molecule has 0 saturated carbocycles. The van der Waals surface area contributed by atoms with Crippen molar-refractivity contribution >= 4 is 5.91 Å². The molecule has 1 heterocycles. The van der Waals surface area contributed by atoms with Gasteiger partial charge >= 0.3 is 0 Å². The fourth-order valence-corrected chi connectivity index (χ4v) is 1.35. The van der Waals surface area contributed by atoms with E-state index in [-0.39, 0.29) is 12.0 Å². The van der Waals surface area contributed by atoms with E-state index in [4.69, 9.17) is 10.5 Å². The SMILES string of the molecule is CCCOC(C)CNC(=O)c1cn(CCN)nn1. The van der Waals surface area contributed by atoms with Crippen LogP contribution >= 0.6 is 0 Å². The quantitative estimate of drug-likeness (QED) is 0.669. The molecule has 0 saturated heterocycles. The van der Waals surface area contributed by atoms with Crippen molar-refractivity contribution in [3.8, 4) is 0 Å². The maximum atomic E-state index is 11.7. The summed E-state index contributed by atoms with van der Waals surface area (Å²) in [5.74, 6) is -0.245. The highest BCUT2D eigenvalue weighted by atomic mass is 16.5. The smallest absolute Gasteiger partial charge is 0.273 e. The summed E-state index contributed by atoms with van der Waals surface area (Å²) < 4.78 is 7.00. The van der Waals surface area contributed by atoms with Crippen molar-refractivity contribution in [3.63, 3.8) is 0 Å². The predicted octanol–water partition coefficient (Wildman–Crippen LogP) is -0.218. The van der Waals surface area contributed by atoms with E-state index in [0.717, 1.165) is 6.42 Å². The molecular weight excluding hydrogens is 234 g/mol. The van der Waals surface area contributed by atoms with Crippen molar-refractivity contribution in [3.05, 3.63) is 11.9 Å². The first-order valence-electron chi connectivity index (χ1n) is 6.17. The molecule has 7 heteroatoms. The number of hydrogen-bond acceptors (Lipinski definition) is 5. The summed E-state index contributed by atoms with van der Waals surface area (Å²) in [5, 5.41) is 10.3. The van der Waals surface area contributed by atoms with Crippen molar-refractivity contribution in [2.75, 3.05) is 19.7 Å². The van der Waals surface area contributed by atoms with Gasteiger partial charge in [-0.2, -0.15) is 0 Å². The molecule has 1 atom stereocenters. The Morgan fingerprint density at radius 2 is 2.44 bits per heavy atom. The first-order chi connectivity index (χ1) is 8.67. The van der Waals surface area contributed by atoms with Crippen LogP contribution in [0.3, 0.4) is 0 Å². The molecule has 0 aliphatic rings. The van der Waals surface area contributed by atoms with E-state index < -0.39 is 0 Å². The van der Waals surface area contributed by atoms with Crippen molar-refractivity contribution in [1.82, 2.24) is 20.3 Å². The fourth-order valence-electron chi connectivity index (χ4n) is 1.35. The Morgan fingerprint density at radius 3 is 3.11 bits per heavy atom. The zero-order valence-corrected chi connectivity index (χ0v) is 10.9. The van der Waals surface area contributed by atoms with Crippen LogP contribution in [0.15, 0.2) is 6.20 Å². The minimum absolute atomic E-state index is 0.00649. The third-order valence-electron chi connectivity index (χ3n) is 2.29. The summed E-state index contributed by atoms with van der Waals surface area (Å²) in [4.78, 5) is 11.7. The zero-order chi connectivity index (χ0) is 13.4. The summed E-state index contributed by atoms with van der Waals surface area (Å²) >= 11 is 0. The maximum Gasteiger partial charge on any atom is 0.273 e. The number of carbonyl (C=O) groups excluding carboxylic acids is 1. The molecule has 3 N–H and O–H groups in total. The standard InChI is InChI=1S/C11H21N5O2/c1-3-6-18-9(2)7-13-11(17)10-8-16(5-4-12)15-14-10/h8-9H,3-7,12H2,1-2H3,(H,13,17). The third-order valence-corrected chi connectivity index (χ3v) is 2.29. The minimum Gasteiger partial charge on any atom is -0.377 e. The highest BCUT2D eigenvalue weighted by molar-refractivity contribution is 5.91. The Labute approximate surface area is 107 Å². The molecule has 1 aromatic rings. The lowest BCUT2D eigenvalue weighted by molar-refractivity contribution is 0.0620. The van der Waals surface area contributed by atoms with Gasteiger partial charge in [-0.05, 0) is 13.3 Å². The van der Waals surface area contributed by atoms with E-state index in [2.05, 4.69) is 15.6 Å². The van der Waals surface area contributed by atoms with Gasteiger partial charge in [0.15, 0.2) is 5.69 Å². The number of nitrogens with one attached hydrogen (secondary N) is 1. The van der Waals surface area contributed by atoms with Crippen LogP contribution < -0.4 is 11.1 Å². The van der Waals surface area contributed by atoms with Crippen LogP contribution in [0, 0.1) is 0 Å². The Bertz CT molecular complexity index is 366. The molecule has 1 unspecified atom stereocenters. The largest absolute Gasteiger partial charge is 0.377 e. The van der Waals surface area contributed by atoms with Crippen molar-refractivity contribution in [2.45, 2.75) is 32.9 Å². The second kappa shape index (κ2) is 7.78. The number of ether oxygens (including phenoxy) is 1. The molecule has 1 rings (SSSR count). The van der Waals surface area contributed by atoms with E-state index in [1.807, 2.05) is 13.8 Å². The monoisotopic (exact) mass is 255 g/mol. The van der Waals surface area contributed by atoms with Gasteiger partial charge in [0.05, 0.1) is 18.8 Å². The first-order valence-corrected chi connectivity index (χ1v) is 6.17. The fraction of sp³-hybridized carbons (Fsp3) is 0.727. The highest BCUT2D eigenvalue weighted by Gasteiger charge is 2.11. The number of rotatable bonds is 8. The zero-order valence-electron chi connectivity index (χ0n) is 10.9. The molecule has 0 fully saturated rings. The number of nitrogens with zero attached hydrogens (tertiary/aromatic N) is 3. The Hall–Kier alpha value is -1.47. The summed E-state index contributed by atoms with van der Waals surface area (Å²) in [6, 6.07) is 0. The van der Waals surface area contributed by atoms with E-state index in [9.17, 15) is 4.79 Å². The number of aromatic nitrogens is 3. The van der Waals surface area contributed by atoms with Gasteiger partial charge < -0.3 is 15.8 Å². The van der Waals surface area contributed by atoms with Crippen LogP contribution in [0.5, 0.6) is 0 Å². The van der Waals surface area contributed by atoms with Crippen molar-refractivity contribution < 1.29 is 9.53 Å². The average molecular weight is 255 g/mol. The van der Waals surface area contributed by atoms with E-state index in [0.29, 0.717) is 31.9 Å². The Kier molecular flexibility index (Phi) is 6.31. The molecule has 102 valence electrons. The molecular formula is C11H21N5O2. The van der Waals surface area contributed by atoms with Crippen LogP contribution in [-0.2, 0) is 11.3 Å². The van der Waals surface area contributed by atoms with Crippen LogP contribution in [0.2, 0.25) is 0 Å². The lowest BCUT2D eigenvalue weighted by atomic mass is 10.3.